The topological polar surface area (TPSA) is 89.7 Å². The lowest BCUT2D eigenvalue weighted by atomic mass is 9.93. The quantitative estimate of drug-likeness (QED) is 0.432. The molecule has 6 heteroatoms. The molecule has 6 nitrogen and oxygen atoms in total. The van der Waals surface area contributed by atoms with E-state index in [1.807, 2.05) is 30.3 Å². The average Bonchev–Trinajstić information content (AvgIpc) is 3.00. The molecule has 3 aromatic carbocycles. The summed E-state index contributed by atoms with van der Waals surface area (Å²) in [5.74, 6) is -1.87. The second-order valence-corrected chi connectivity index (χ2v) is 6.27. The number of ether oxygens (including phenoxy) is 1. The second-order valence-electron chi connectivity index (χ2n) is 6.27. The SMILES string of the molecule is COC(=O)c1cc(-c2ccccc2)c(N)c2c1C(=O)N(c1ccccc1)C2=O. The fourth-order valence-corrected chi connectivity index (χ4v) is 3.40. The highest BCUT2D eigenvalue weighted by molar-refractivity contribution is 6.38. The number of nitrogens with two attached hydrogens (primary N) is 1. The van der Waals surface area contributed by atoms with Crippen molar-refractivity contribution in [3.63, 3.8) is 0 Å². The van der Waals surface area contributed by atoms with Gasteiger partial charge in [-0.05, 0) is 23.8 Å². The molecule has 3 aromatic rings. The predicted octanol–water partition coefficient (Wildman–Crippen LogP) is 3.52. The lowest BCUT2D eigenvalue weighted by Gasteiger charge is -2.13. The Morgan fingerprint density at radius 1 is 0.893 bits per heavy atom. The van der Waals surface area contributed by atoms with Crippen LogP contribution in [0.3, 0.4) is 0 Å². The van der Waals surface area contributed by atoms with E-state index in [1.165, 1.54) is 13.2 Å². The number of anilines is 2. The molecule has 4 rings (SSSR count). The van der Waals surface area contributed by atoms with Gasteiger partial charge < -0.3 is 10.5 Å². The van der Waals surface area contributed by atoms with Crippen LogP contribution in [0.1, 0.15) is 31.1 Å². The van der Waals surface area contributed by atoms with Gasteiger partial charge in [0.2, 0.25) is 0 Å². The van der Waals surface area contributed by atoms with Gasteiger partial charge in [0.25, 0.3) is 11.8 Å². The van der Waals surface area contributed by atoms with Crippen molar-refractivity contribution in [2.24, 2.45) is 0 Å². The van der Waals surface area contributed by atoms with E-state index in [9.17, 15) is 14.4 Å². The molecule has 0 saturated heterocycles. The number of rotatable bonds is 3. The number of benzene rings is 3. The third kappa shape index (κ3) is 2.54. The van der Waals surface area contributed by atoms with Gasteiger partial charge in [0.05, 0.1) is 35.2 Å². The molecule has 0 aromatic heterocycles. The Kier molecular flexibility index (Phi) is 4.16. The number of hydrogen-bond donors (Lipinski definition) is 1. The van der Waals surface area contributed by atoms with E-state index in [0.29, 0.717) is 11.3 Å². The van der Waals surface area contributed by atoms with Gasteiger partial charge in [-0.3, -0.25) is 9.59 Å². The highest BCUT2D eigenvalue weighted by Crippen LogP contribution is 2.39. The first-order valence-electron chi connectivity index (χ1n) is 8.58. The largest absolute Gasteiger partial charge is 0.465 e. The summed E-state index contributed by atoms with van der Waals surface area (Å²) in [5.41, 5.74) is 8.12. The number of carbonyl (C=O) groups is 3. The number of amides is 2. The Labute approximate surface area is 161 Å². The summed E-state index contributed by atoms with van der Waals surface area (Å²) in [5, 5.41) is 0. The van der Waals surface area contributed by atoms with Gasteiger partial charge in [-0.1, -0.05) is 48.5 Å². The minimum absolute atomic E-state index is 0.0161. The number of nitrogen functional groups attached to an aromatic ring is 1. The number of fused-ring (bicyclic) bond motifs is 1. The molecular formula is C22H16N2O4. The number of carbonyl (C=O) groups excluding carboxylic acids is 3. The maximum absolute atomic E-state index is 13.1. The van der Waals surface area contributed by atoms with Crippen molar-refractivity contribution in [1.82, 2.24) is 0 Å². The van der Waals surface area contributed by atoms with Crippen molar-refractivity contribution >= 4 is 29.2 Å². The van der Waals surface area contributed by atoms with Crippen LogP contribution >= 0.6 is 0 Å². The van der Waals surface area contributed by atoms with Crippen molar-refractivity contribution < 1.29 is 19.1 Å². The molecule has 0 aliphatic carbocycles. The number of esters is 1. The Balaban J connectivity index is 1.99. The normalized spacial score (nSPS) is 12.8. The monoisotopic (exact) mass is 372 g/mol. The molecule has 2 N–H and O–H groups in total. The Hall–Kier alpha value is -3.93. The molecule has 1 aliphatic heterocycles. The van der Waals surface area contributed by atoms with Crippen molar-refractivity contribution in [3.8, 4) is 11.1 Å². The van der Waals surface area contributed by atoms with Crippen LogP contribution < -0.4 is 10.6 Å². The number of methoxy groups -OCH3 is 1. The van der Waals surface area contributed by atoms with E-state index in [0.717, 1.165) is 10.5 Å². The summed E-state index contributed by atoms with van der Waals surface area (Å²) in [7, 11) is 1.23. The van der Waals surface area contributed by atoms with Gasteiger partial charge in [0.1, 0.15) is 0 Å². The first-order valence-corrected chi connectivity index (χ1v) is 8.58. The Bertz CT molecular complexity index is 1110. The van der Waals surface area contributed by atoms with Crippen LogP contribution in [0.4, 0.5) is 11.4 Å². The highest BCUT2D eigenvalue weighted by atomic mass is 16.5. The second kappa shape index (κ2) is 6.66. The van der Waals surface area contributed by atoms with Gasteiger partial charge in [0.15, 0.2) is 0 Å². The molecule has 28 heavy (non-hydrogen) atoms. The summed E-state index contributed by atoms with van der Waals surface area (Å²) in [6, 6.07) is 19.1. The predicted molar refractivity (Wildman–Crippen MR) is 105 cm³/mol. The zero-order valence-corrected chi connectivity index (χ0v) is 15.0. The van der Waals surface area contributed by atoms with E-state index in [2.05, 4.69) is 0 Å². The van der Waals surface area contributed by atoms with Gasteiger partial charge in [0, 0.05) is 5.56 Å². The number of para-hydroxylation sites is 1. The molecular weight excluding hydrogens is 356 g/mol. The number of hydrogen-bond acceptors (Lipinski definition) is 5. The Morgan fingerprint density at radius 2 is 1.46 bits per heavy atom. The van der Waals surface area contributed by atoms with Crippen LogP contribution in [-0.4, -0.2) is 24.9 Å². The molecule has 0 unspecified atom stereocenters. The minimum atomic E-state index is -0.704. The van der Waals surface area contributed by atoms with E-state index >= 15 is 0 Å². The maximum atomic E-state index is 13.1. The fourth-order valence-electron chi connectivity index (χ4n) is 3.40. The third-order valence-corrected chi connectivity index (χ3v) is 4.71. The van der Waals surface area contributed by atoms with Crippen LogP contribution in [0.15, 0.2) is 66.7 Å². The van der Waals surface area contributed by atoms with Crippen LogP contribution in [0.5, 0.6) is 0 Å². The van der Waals surface area contributed by atoms with Crippen LogP contribution in [0, 0.1) is 0 Å². The summed E-state index contributed by atoms with van der Waals surface area (Å²) < 4.78 is 4.86. The van der Waals surface area contributed by atoms with Crippen molar-refractivity contribution in [2.75, 3.05) is 17.7 Å². The summed E-state index contributed by atoms with van der Waals surface area (Å²) in [6.07, 6.45) is 0. The van der Waals surface area contributed by atoms with Gasteiger partial charge in [-0.15, -0.1) is 0 Å². The molecule has 0 radical (unpaired) electrons. The number of imide groups is 1. The zero-order valence-electron chi connectivity index (χ0n) is 15.0. The van der Waals surface area contributed by atoms with Gasteiger partial charge in [-0.2, -0.15) is 0 Å². The smallest absolute Gasteiger partial charge is 0.338 e. The molecule has 0 bridgehead atoms. The summed E-state index contributed by atoms with van der Waals surface area (Å²) in [6.45, 7) is 0. The van der Waals surface area contributed by atoms with Gasteiger partial charge in [-0.25, -0.2) is 9.69 Å². The summed E-state index contributed by atoms with van der Waals surface area (Å²) >= 11 is 0. The molecule has 2 amide bonds. The minimum Gasteiger partial charge on any atom is -0.465 e. The number of nitrogens with zero attached hydrogens (tertiary/aromatic N) is 1. The molecule has 0 atom stereocenters. The molecule has 1 heterocycles. The first kappa shape index (κ1) is 17.5. The van der Waals surface area contributed by atoms with Crippen LogP contribution in [0.2, 0.25) is 0 Å². The lowest BCUT2D eigenvalue weighted by Crippen LogP contribution is -2.29. The van der Waals surface area contributed by atoms with Crippen molar-refractivity contribution in [1.29, 1.82) is 0 Å². The highest BCUT2D eigenvalue weighted by Gasteiger charge is 2.42. The zero-order chi connectivity index (χ0) is 19.8. The van der Waals surface area contributed by atoms with Crippen molar-refractivity contribution in [2.45, 2.75) is 0 Å². The van der Waals surface area contributed by atoms with E-state index in [-0.39, 0.29) is 22.4 Å². The summed E-state index contributed by atoms with van der Waals surface area (Å²) in [4.78, 5) is 39.7. The van der Waals surface area contributed by atoms with E-state index in [4.69, 9.17) is 10.5 Å². The van der Waals surface area contributed by atoms with Crippen LogP contribution in [0.25, 0.3) is 11.1 Å². The molecule has 0 saturated carbocycles. The maximum Gasteiger partial charge on any atom is 0.338 e. The van der Waals surface area contributed by atoms with E-state index < -0.39 is 17.8 Å². The van der Waals surface area contributed by atoms with Crippen molar-refractivity contribution in [3.05, 3.63) is 83.4 Å². The standard InChI is InChI=1S/C22H16N2O4/c1-28-22(27)16-12-15(13-8-4-2-5-9-13)19(23)18-17(16)20(25)24(21(18)26)14-10-6-3-7-11-14/h2-12H,23H2,1H3. The molecule has 0 spiro atoms. The molecule has 0 fully saturated rings. The molecule has 1 aliphatic rings. The first-order chi connectivity index (χ1) is 13.5. The lowest BCUT2D eigenvalue weighted by molar-refractivity contribution is 0.0597. The van der Waals surface area contributed by atoms with Gasteiger partial charge >= 0.3 is 5.97 Å². The van der Waals surface area contributed by atoms with E-state index in [1.54, 1.807) is 30.3 Å². The third-order valence-electron chi connectivity index (χ3n) is 4.71. The average molecular weight is 372 g/mol. The fraction of sp³-hybridized carbons (Fsp3) is 0.0455. The Morgan fingerprint density at radius 3 is 2.07 bits per heavy atom. The molecule has 138 valence electrons. The van der Waals surface area contributed by atoms with Crippen LogP contribution in [-0.2, 0) is 4.74 Å².